The van der Waals surface area contributed by atoms with Gasteiger partial charge < -0.3 is 10.6 Å². The summed E-state index contributed by atoms with van der Waals surface area (Å²) in [7, 11) is 0. The maximum Gasteiger partial charge on any atom is 0.319 e. The Bertz CT molecular complexity index is 746. The second kappa shape index (κ2) is 7.12. The van der Waals surface area contributed by atoms with Crippen molar-refractivity contribution in [2.45, 2.75) is 32.7 Å². The van der Waals surface area contributed by atoms with Crippen LogP contribution in [0.1, 0.15) is 31.4 Å². The van der Waals surface area contributed by atoms with Crippen LogP contribution in [0.4, 0.5) is 16.2 Å². The average molecular weight is 327 g/mol. The molecule has 0 aliphatic heterocycles. The third-order valence-corrected chi connectivity index (χ3v) is 4.26. The molecule has 0 saturated carbocycles. The zero-order valence-corrected chi connectivity index (χ0v) is 14.0. The van der Waals surface area contributed by atoms with Gasteiger partial charge in [-0.2, -0.15) is 0 Å². The minimum absolute atomic E-state index is 0.0193. The molecule has 0 saturated heterocycles. The molecule has 1 unspecified atom stereocenters. The second-order valence-corrected chi connectivity index (χ2v) is 5.84. The first-order chi connectivity index (χ1) is 11.4. The zero-order chi connectivity index (χ0) is 17.7. The van der Waals surface area contributed by atoms with Crippen LogP contribution in [0.3, 0.4) is 0 Å². The lowest BCUT2D eigenvalue weighted by molar-refractivity contribution is -0.385. The summed E-state index contributed by atoms with van der Waals surface area (Å²) >= 11 is 0. The molecular weight excluding hydrogens is 306 g/mol. The van der Waals surface area contributed by atoms with Crippen molar-refractivity contribution in [1.82, 2.24) is 5.32 Å². The lowest BCUT2D eigenvalue weighted by Crippen LogP contribution is -2.45. The summed E-state index contributed by atoms with van der Waals surface area (Å²) in [6.07, 6.45) is 0.707. The van der Waals surface area contributed by atoms with Gasteiger partial charge in [0.1, 0.15) is 0 Å². The van der Waals surface area contributed by atoms with Gasteiger partial charge in [-0.15, -0.1) is 0 Å². The van der Waals surface area contributed by atoms with Crippen molar-refractivity contribution in [2.75, 3.05) is 5.32 Å². The van der Waals surface area contributed by atoms with E-state index in [9.17, 15) is 14.9 Å². The van der Waals surface area contributed by atoms with E-state index in [0.29, 0.717) is 17.7 Å². The number of urea groups is 1. The monoisotopic (exact) mass is 327 g/mol. The van der Waals surface area contributed by atoms with Gasteiger partial charge in [-0.25, -0.2) is 4.79 Å². The van der Waals surface area contributed by atoms with Crippen LogP contribution in [0.5, 0.6) is 0 Å². The molecule has 0 aliphatic rings. The van der Waals surface area contributed by atoms with Gasteiger partial charge in [-0.05, 0) is 31.9 Å². The van der Waals surface area contributed by atoms with Gasteiger partial charge in [0.05, 0.1) is 21.7 Å². The summed E-state index contributed by atoms with van der Waals surface area (Å²) < 4.78 is 0. The number of carbonyl (C=O) groups is 1. The summed E-state index contributed by atoms with van der Waals surface area (Å²) in [5.74, 6) is 0. The first-order valence-electron chi connectivity index (χ1n) is 7.76. The Balaban J connectivity index is 2.19. The van der Waals surface area contributed by atoms with Crippen molar-refractivity contribution in [3.63, 3.8) is 0 Å². The molecule has 0 bridgehead atoms. The number of nitrogens with one attached hydrogen (secondary N) is 2. The summed E-state index contributed by atoms with van der Waals surface area (Å²) in [6.45, 7) is 5.55. The molecule has 2 amide bonds. The predicted molar refractivity (Wildman–Crippen MR) is 94.1 cm³/mol. The maximum atomic E-state index is 12.4. The minimum Gasteiger partial charge on any atom is -0.329 e. The fraction of sp³-hybridized carbons (Fsp3) is 0.278. The van der Waals surface area contributed by atoms with Crippen LogP contribution < -0.4 is 10.6 Å². The van der Waals surface area contributed by atoms with E-state index in [1.165, 1.54) is 6.07 Å². The highest BCUT2D eigenvalue weighted by Crippen LogP contribution is 2.27. The summed E-state index contributed by atoms with van der Waals surface area (Å²) in [5.41, 5.74) is 1.30. The number of carbonyl (C=O) groups excluding carboxylic acids is 1. The van der Waals surface area contributed by atoms with Gasteiger partial charge in [-0.3, -0.25) is 10.1 Å². The number of hydrogen-bond acceptors (Lipinski definition) is 3. The molecular formula is C18H21N3O3. The quantitative estimate of drug-likeness (QED) is 0.632. The van der Waals surface area contributed by atoms with E-state index in [1.54, 1.807) is 19.1 Å². The Morgan fingerprint density at radius 3 is 2.42 bits per heavy atom. The minimum atomic E-state index is -0.528. The van der Waals surface area contributed by atoms with Crippen LogP contribution in [0.15, 0.2) is 48.5 Å². The standard InChI is InChI=1S/C18H21N3O3/c1-4-18(3,14-9-6-5-7-10-14)20-17(22)19-15-11-8-12-16(13(15)2)21(23)24/h5-12H,4H2,1-3H3,(H2,19,20,22). The lowest BCUT2D eigenvalue weighted by atomic mass is 9.89. The van der Waals surface area contributed by atoms with Crippen LogP contribution in [0, 0.1) is 17.0 Å². The topological polar surface area (TPSA) is 84.3 Å². The molecule has 0 aromatic heterocycles. The smallest absolute Gasteiger partial charge is 0.319 e. The number of benzene rings is 2. The number of hydrogen-bond donors (Lipinski definition) is 2. The van der Waals surface area contributed by atoms with Gasteiger partial charge in [0.15, 0.2) is 0 Å². The number of nitrogens with zero attached hydrogens (tertiary/aromatic N) is 1. The van der Waals surface area contributed by atoms with Crippen molar-refractivity contribution in [3.8, 4) is 0 Å². The van der Waals surface area contributed by atoms with Gasteiger partial charge in [0.25, 0.3) is 5.69 Å². The highest BCUT2D eigenvalue weighted by Gasteiger charge is 2.26. The number of nitro groups is 1. The average Bonchev–Trinajstić information content (AvgIpc) is 2.57. The van der Waals surface area contributed by atoms with Crippen molar-refractivity contribution in [2.24, 2.45) is 0 Å². The number of amides is 2. The van der Waals surface area contributed by atoms with Crippen LogP contribution in [-0.2, 0) is 5.54 Å². The maximum absolute atomic E-state index is 12.4. The molecule has 0 spiro atoms. The summed E-state index contributed by atoms with van der Waals surface area (Å²) in [6, 6.07) is 13.9. The molecule has 0 fully saturated rings. The Morgan fingerprint density at radius 2 is 1.83 bits per heavy atom. The number of anilines is 1. The first kappa shape index (κ1) is 17.5. The molecule has 6 nitrogen and oxygen atoms in total. The molecule has 0 radical (unpaired) electrons. The summed E-state index contributed by atoms with van der Waals surface area (Å²) in [5, 5.41) is 16.7. The van der Waals surface area contributed by atoms with E-state index < -0.39 is 16.5 Å². The summed E-state index contributed by atoms with van der Waals surface area (Å²) in [4.78, 5) is 22.9. The van der Waals surface area contributed by atoms with E-state index in [4.69, 9.17) is 0 Å². The molecule has 6 heteroatoms. The van der Waals surface area contributed by atoms with Crippen molar-refractivity contribution < 1.29 is 9.72 Å². The first-order valence-corrected chi connectivity index (χ1v) is 7.76. The third-order valence-electron chi connectivity index (χ3n) is 4.26. The van der Waals surface area contributed by atoms with Crippen molar-refractivity contribution in [3.05, 3.63) is 69.8 Å². The fourth-order valence-electron chi connectivity index (χ4n) is 2.53. The van der Waals surface area contributed by atoms with Crippen LogP contribution in [-0.4, -0.2) is 11.0 Å². The second-order valence-electron chi connectivity index (χ2n) is 5.84. The molecule has 2 aromatic rings. The zero-order valence-electron chi connectivity index (χ0n) is 14.0. The highest BCUT2D eigenvalue weighted by atomic mass is 16.6. The molecule has 24 heavy (non-hydrogen) atoms. The van der Waals surface area contributed by atoms with E-state index >= 15 is 0 Å². The molecule has 2 aromatic carbocycles. The molecule has 0 heterocycles. The number of rotatable bonds is 5. The molecule has 126 valence electrons. The lowest BCUT2D eigenvalue weighted by Gasteiger charge is -2.30. The fourth-order valence-corrected chi connectivity index (χ4v) is 2.53. The molecule has 2 rings (SSSR count). The number of nitro benzene ring substituents is 1. The molecule has 0 aliphatic carbocycles. The van der Waals surface area contributed by atoms with Crippen LogP contribution in [0.2, 0.25) is 0 Å². The van der Waals surface area contributed by atoms with Crippen molar-refractivity contribution in [1.29, 1.82) is 0 Å². The van der Waals surface area contributed by atoms with Gasteiger partial charge in [-0.1, -0.05) is 43.3 Å². The predicted octanol–water partition coefficient (Wildman–Crippen LogP) is 4.35. The SMILES string of the molecule is CCC(C)(NC(=O)Nc1cccc([N+](=O)[O-])c1C)c1ccccc1. The highest BCUT2D eigenvalue weighted by molar-refractivity contribution is 5.91. The Morgan fingerprint density at radius 1 is 1.17 bits per heavy atom. The molecule has 2 N–H and O–H groups in total. The largest absolute Gasteiger partial charge is 0.329 e. The van der Waals surface area contributed by atoms with E-state index in [0.717, 1.165) is 5.56 Å². The van der Waals surface area contributed by atoms with Gasteiger partial charge in [0, 0.05) is 6.07 Å². The normalized spacial score (nSPS) is 13.0. The Labute approximate surface area is 141 Å². The van der Waals surface area contributed by atoms with E-state index in [1.807, 2.05) is 44.2 Å². The van der Waals surface area contributed by atoms with Gasteiger partial charge >= 0.3 is 6.03 Å². The van der Waals surface area contributed by atoms with Gasteiger partial charge in [0.2, 0.25) is 0 Å². The van der Waals surface area contributed by atoms with E-state index in [2.05, 4.69) is 10.6 Å². The van der Waals surface area contributed by atoms with Crippen LogP contribution >= 0.6 is 0 Å². The van der Waals surface area contributed by atoms with E-state index in [-0.39, 0.29) is 5.69 Å². The molecule has 1 atom stereocenters. The van der Waals surface area contributed by atoms with Crippen molar-refractivity contribution >= 4 is 17.4 Å². The van der Waals surface area contributed by atoms with Crippen LogP contribution in [0.25, 0.3) is 0 Å². The Kier molecular flexibility index (Phi) is 5.18. The Hall–Kier alpha value is -2.89. The third kappa shape index (κ3) is 3.71.